The minimum absolute atomic E-state index is 0.0264. The van der Waals surface area contributed by atoms with E-state index < -0.39 is 17.9 Å². The summed E-state index contributed by atoms with van der Waals surface area (Å²) in [6, 6.07) is 8.61. The number of nitriles is 1. The molecule has 3 heterocycles. The van der Waals surface area contributed by atoms with Crippen molar-refractivity contribution in [3.05, 3.63) is 36.0 Å². The van der Waals surface area contributed by atoms with Crippen molar-refractivity contribution in [2.75, 3.05) is 51.2 Å². The number of nitrogens with one attached hydrogen (secondary N) is 1. The molecule has 1 aromatic heterocycles. The molecule has 0 radical (unpaired) electrons. The fraction of sp³-hybridized carbons (Fsp3) is 0.538. The van der Waals surface area contributed by atoms with Gasteiger partial charge in [-0.05, 0) is 44.7 Å². The third kappa shape index (κ3) is 5.90. The molecule has 2 unspecified atom stereocenters. The Morgan fingerprint density at radius 3 is 2.61 bits per heavy atom. The second-order valence-corrected chi connectivity index (χ2v) is 9.89. The number of alkyl halides is 2. The number of aromatic nitrogens is 1. The Balaban J connectivity index is 1.46. The van der Waals surface area contributed by atoms with Gasteiger partial charge >= 0.3 is 0 Å². The van der Waals surface area contributed by atoms with Crippen molar-refractivity contribution in [1.82, 2.24) is 20.1 Å². The van der Waals surface area contributed by atoms with Crippen LogP contribution in [0.25, 0.3) is 10.9 Å². The average Bonchev–Trinajstić information content (AvgIpc) is 2.86. The second-order valence-electron chi connectivity index (χ2n) is 9.89. The van der Waals surface area contributed by atoms with Gasteiger partial charge < -0.3 is 20.0 Å². The number of hydrogen-bond donors (Lipinski definition) is 1. The predicted molar refractivity (Wildman–Crippen MR) is 133 cm³/mol. The van der Waals surface area contributed by atoms with Crippen molar-refractivity contribution in [3.8, 4) is 6.07 Å². The number of piperazine rings is 1. The largest absolute Gasteiger partial charge is 0.368 e. The number of likely N-dealkylation sites (N-methyl/N-ethyl adjacent to an activating group) is 1. The van der Waals surface area contributed by atoms with E-state index in [1.54, 1.807) is 29.3 Å². The highest BCUT2D eigenvalue weighted by atomic mass is 19.3. The third-order valence-corrected chi connectivity index (χ3v) is 7.16. The highest BCUT2D eigenvalue weighted by Gasteiger charge is 2.41. The smallest absolute Gasteiger partial charge is 0.249 e. The molecule has 10 heteroatoms. The molecule has 8 nitrogen and oxygen atoms in total. The number of nitrogens with zero attached hydrogens (tertiary/aromatic N) is 5. The SMILES string of the molecule is CN1CCN(C(=O)CCC(=O)NC2CC(C(C)(F)F)CN(c3ccc(C#N)c4ncccc34)C2)CC1. The molecule has 0 aliphatic carbocycles. The Bertz CT molecular complexity index is 1150. The summed E-state index contributed by atoms with van der Waals surface area (Å²) in [5.74, 6) is -4.27. The number of anilines is 1. The number of pyridine rings is 1. The second kappa shape index (κ2) is 10.7. The van der Waals surface area contributed by atoms with Gasteiger partial charge in [-0.25, -0.2) is 8.78 Å². The highest BCUT2D eigenvalue weighted by Crippen LogP contribution is 2.36. The van der Waals surface area contributed by atoms with E-state index in [2.05, 4.69) is 21.3 Å². The fourth-order valence-corrected chi connectivity index (χ4v) is 5.03. The normalized spacial score (nSPS) is 21.3. The van der Waals surface area contributed by atoms with Crippen LogP contribution in [-0.4, -0.2) is 84.9 Å². The summed E-state index contributed by atoms with van der Waals surface area (Å²) in [6.07, 6.45) is 1.87. The molecule has 1 N–H and O–H groups in total. The lowest BCUT2D eigenvalue weighted by atomic mass is 9.88. The van der Waals surface area contributed by atoms with Crippen molar-refractivity contribution in [3.63, 3.8) is 0 Å². The first-order valence-electron chi connectivity index (χ1n) is 12.3. The molecule has 2 aliphatic rings. The number of benzene rings is 1. The van der Waals surface area contributed by atoms with E-state index in [0.29, 0.717) is 41.8 Å². The molecular weight excluding hydrogens is 466 g/mol. The van der Waals surface area contributed by atoms with Crippen LogP contribution < -0.4 is 10.2 Å². The first-order valence-corrected chi connectivity index (χ1v) is 12.3. The molecule has 0 bridgehead atoms. The lowest BCUT2D eigenvalue weighted by molar-refractivity contribution is -0.135. The van der Waals surface area contributed by atoms with Gasteiger partial charge in [-0.3, -0.25) is 14.6 Å². The molecule has 192 valence electrons. The van der Waals surface area contributed by atoms with Crippen molar-refractivity contribution in [2.45, 2.75) is 38.2 Å². The van der Waals surface area contributed by atoms with Gasteiger partial charge in [0.05, 0.1) is 11.1 Å². The van der Waals surface area contributed by atoms with Crippen molar-refractivity contribution < 1.29 is 18.4 Å². The first kappa shape index (κ1) is 25.8. The zero-order chi connectivity index (χ0) is 25.9. The van der Waals surface area contributed by atoms with Gasteiger partial charge in [0.25, 0.3) is 0 Å². The standard InChI is InChI=1S/C26H32F2N6O2/c1-26(27,28)19-14-20(31-23(35)7-8-24(36)33-12-10-32(2)11-13-33)17-34(16-19)22-6-5-18(15-29)25-21(22)4-3-9-30-25/h3-6,9,19-20H,7-8,10-14,16-17H2,1-2H3,(H,31,35). The summed E-state index contributed by atoms with van der Waals surface area (Å²) < 4.78 is 29.0. The average molecular weight is 499 g/mol. The van der Waals surface area contributed by atoms with Crippen LogP contribution in [0.4, 0.5) is 14.5 Å². The topological polar surface area (TPSA) is 92.6 Å². The zero-order valence-corrected chi connectivity index (χ0v) is 20.7. The van der Waals surface area contributed by atoms with Gasteiger partial charge in [-0.1, -0.05) is 0 Å². The first-order chi connectivity index (χ1) is 17.2. The summed E-state index contributed by atoms with van der Waals surface area (Å²) in [4.78, 5) is 35.3. The maximum atomic E-state index is 14.5. The van der Waals surface area contributed by atoms with E-state index >= 15 is 0 Å². The summed E-state index contributed by atoms with van der Waals surface area (Å²) in [6.45, 7) is 4.29. The highest BCUT2D eigenvalue weighted by molar-refractivity contribution is 5.95. The monoisotopic (exact) mass is 498 g/mol. The van der Waals surface area contributed by atoms with Crippen LogP contribution in [0.15, 0.2) is 30.5 Å². The van der Waals surface area contributed by atoms with Crippen LogP contribution in [0.5, 0.6) is 0 Å². The third-order valence-electron chi connectivity index (χ3n) is 7.16. The van der Waals surface area contributed by atoms with Crippen LogP contribution in [0.3, 0.4) is 0 Å². The number of carbonyl (C=O) groups is 2. The van der Waals surface area contributed by atoms with Crippen LogP contribution >= 0.6 is 0 Å². The lowest BCUT2D eigenvalue weighted by Crippen LogP contribution is -2.54. The Morgan fingerprint density at radius 2 is 1.92 bits per heavy atom. The Kier molecular flexibility index (Phi) is 7.69. The van der Waals surface area contributed by atoms with Gasteiger partial charge in [0.2, 0.25) is 17.7 Å². The van der Waals surface area contributed by atoms with E-state index in [9.17, 15) is 23.6 Å². The maximum absolute atomic E-state index is 14.5. The molecule has 0 spiro atoms. The molecule has 2 atom stereocenters. The van der Waals surface area contributed by atoms with E-state index in [1.165, 1.54) is 0 Å². The van der Waals surface area contributed by atoms with Crippen molar-refractivity contribution in [2.24, 2.45) is 5.92 Å². The number of halogens is 2. The van der Waals surface area contributed by atoms with Crippen LogP contribution in [-0.2, 0) is 9.59 Å². The molecule has 4 rings (SSSR count). The van der Waals surface area contributed by atoms with E-state index in [0.717, 1.165) is 20.0 Å². The maximum Gasteiger partial charge on any atom is 0.249 e. The van der Waals surface area contributed by atoms with Gasteiger partial charge in [0.1, 0.15) is 6.07 Å². The molecule has 2 saturated heterocycles. The number of amides is 2. The fourth-order valence-electron chi connectivity index (χ4n) is 5.03. The Morgan fingerprint density at radius 1 is 1.17 bits per heavy atom. The van der Waals surface area contributed by atoms with E-state index in [1.807, 2.05) is 18.0 Å². The van der Waals surface area contributed by atoms with Gasteiger partial charge in [0.15, 0.2) is 0 Å². The Hall–Kier alpha value is -3.32. The molecule has 36 heavy (non-hydrogen) atoms. The molecule has 2 fully saturated rings. The van der Waals surface area contributed by atoms with Gasteiger partial charge in [0, 0.05) is 81.3 Å². The van der Waals surface area contributed by atoms with Gasteiger partial charge in [-0.15, -0.1) is 0 Å². The predicted octanol–water partition coefficient (Wildman–Crippen LogP) is 2.63. The van der Waals surface area contributed by atoms with Crippen molar-refractivity contribution >= 4 is 28.4 Å². The number of hydrogen-bond acceptors (Lipinski definition) is 6. The minimum atomic E-state index is -2.93. The summed E-state index contributed by atoms with van der Waals surface area (Å²) in [5, 5.41) is 13.0. The van der Waals surface area contributed by atoms with Crippen LogP contribution in [0.2, 0.25) is 0 Å². The molecule has 2 aromatic rings. The molecule has 1 aromatic carbocycles. The quantitative estimate of drug-likeness (QED) is 0.658. The number of rotatable bonds is 6. The van der Waals surface area contributed by atoms with E-state index in [-0.39, 0.29) is 37.6 Å². The molecule has 2 aliphatic heterocycles. The van der Waals surface area contributed by atoms with Crippen LogP contribution in [0, 0.1) is 17.2 Å². The summed E-state index contributed by atoms with van der Waals surface area (Å²) in [5.41, 5.74) is 1.64. The summed E-state index contributed by atoms with van der Waals surface area (Å²) >= 11 is 0. The summed E-state index contributed by atoms with van der Waals surface area (Å²) in [7, 11) is 2.01. The zero-order valence-electron chi connectivity index (χ0n) is 20.7. The number of fused-ring (bicyclic) bond motifs is 1. The minimum Gasteiger partial charge on any atom is -0.368 e. The number of piperidine rings is 1. The molecule has 2 amide bonds. The van der Waals surface area contributed by atoms with Crippen LogP contribution in [0.1, 0.15) is 31.7 Å². The number of carbonyl (C=O) groups excluding carboxylic acids is 2. The van der Waals surface area contributed by atoms with Crippen molar-refractivity contribution in [1.29, 1.82) is 5.26 Å². The molecular formula is C26H32F2N6O2. The van der Waals surface area contributed by atoms with Gasteiger partial charge in [-0.2, -0.15) is 5.26 Å². The Labute approximate surface area is 209 Å². The lowest BCUT2D eigenvalue weighted by Gasteiger charge is -2.41. The van der Waals surface area contributed by atoms with E-state index in [4.69, 9.17) is 0 Å². The molecule has 0 saturated carbocycles.